The van der Waals surface area contributed by atoms with E-state index in [0.717, 1.165) is 36.0 Å². The Morgan fingerprint density at radius 3 is 2.88 bits per heavy atom. The summed E-state index contributed by atoms with van der Waals surface area (Å²) in [5, 5.41) is 1.09. The molecule has 2 nitrogen and oxygen atoms in total. The second kappa shape index (κ2) is 5.19. The topological polar surface area (TPSA) is 14.2 Å². The van der Waals surface area contributed by atoms with Crippen LogP contribution < -0.4 is 0 Å². The first-order valence-corrected chi connectivity index (χ1v) is 6.36. The highest BCUT2D eigenvalue weighted by Gasteiger charge is 2.09. The molecule has 0 radical (unpaired) electrons. The van der Waals surface area contributed by atoms with Crippen LogP contribution in [0.5, 0.6) is 0 Å². The summed E-state index contributed by atoms with van der Waals surface area (Å²) in [6.45, 7) is 3.61. The maximum absolute atomic E-state index is 13.5. The quantitative estimate of drug-likeness (QED) is 0.781. The maximum atomic E-state index is 13.5. The molecule has 4 heteroatoms. The Labute approximate surface area is 109 Å². The molecular weight excluding hydrogens is 285 g/mol. The van der Waals surface area contributed by atoms with Gasteiger partial charge in [-0.25, -0.2) is 4.39 Å². The molecular formula is C13H15BrFNO. The zero-order valence-electron chi connectivity index (χ0n) is 9.96. The van der Waals surface area contributed by atoms with Crippen LogP contribution in [-0.4, -0.2) is 18.3 Å². The normalized spacial score (nSPS) is 11.3. The highest BCUT2D eigenvalue weighted by molar-refractivity contribution is 9.10. The van der Waals surface area contributed by atoms with Gasteiger partial charge in [-0.05, 0) is 47.0 Å². The Morgan fingerprint density at radius 1 is 1.41 bits per heavy atom. The van der Waals surface area contributed by atoms with Crippen LogP contribution in [0.25, 0.3) is 10.9 Å². The first-order valence-electron chi connectivity index (χ1n) is 5.57. The van der Waals surface area contributed by atoms with Crippen molar-refractivity contribution in [3.05, 3.63) is 34.2 Å². The van der Waals surface area contributed by atoms with Gasteiger partial charge in [0.2, 0.25) is 0 Å². The minimum absolute atomic E-state index is 0.219. The number of nitrogens with zero attached hydrogens (tertiary/aromatic N) is 1. The van der Waals surface area contributed by atoms with E-state index in [2.05, 4.69) is 26.7 Å². The Hall–Kier alpha value is -0.870. The SMILES string of the molecule is COCCCn1cc(C)c2cc(Br)c(F)cc21. The van der Waals surface area contributed by atoms with Crippen molar-refractivity contribution in [1.82, 2.24) is 4.57 Å². The van der Waals surface area contributed by atoms with Crippen LogP contribution in [-0.2, 0) is 11.3 Å². The summed E-state index contributed by atoms with van der Waals surface area (Å²) in [6.07, 6.45) is 2.99. The summed E-state index contributed by atoms with van der Waals surface area (Å²) in [5.74, 6) is -0.219. The molecule has 1 aromatic heterocycles. The average Bonchev–Trinajstić information content (AvgIpc) is 2.58. The van der Waals surface area contributed by atoms with E-state index >= 15 is 0 Å². The molecule has 0 N–H and O–H groups in total. The van der Waals surface area contributed by atoms with Crippen molar-refractivity contribution in [2.75, 3.05) is 13.7 Å². The van der Waals surface area contributed by atoms with Crippen molar-refractivity contribution in [2.45, 2.75) is 19.9 Å². The number of benzene rings is 1. The molecule has 0 saturated carbocycles. The molecule has 2 aromatic rings. The molecule has 17 heavy (non-hydrogen) atoms. The van der Waals surface area contributed by atoms with Gasteiger partial charge in [-0.1, -0.05) is 0 Å². The fraction of sp³-hybridized carbons (Fsp3) is 0.385. The minimum Gasteiger partial charge on any atom is -0.385 e. The van der Waals surface area contributed by atoms with Gasteiger partial charge in [-0.15, -0.1) is 0 Å². The first kappa shape index (κ1) is 12.6. The number of rotatable bonds is 4. The van der Waals surface area contributed by atoms with Crippen LogP contribution in [0.4, 0.5) is 4.39 Å². The minimum atomic E-state index is -0.219. The second-order valence-corrected chi connectivity index (χ2v) is 4.99. The number of halogens is 2. The number of hydrogen-bond donors (Lipinski definition) is 0. The Morgan fingerprint density at radius 2 is 2.18 bits per heavy atom. The number of ether oxygens (including phenoxy) is 1. The third-order valence-electron chi connectivity index (χ3n) is 2.87. The second-order valence-electron chi connectivity index (χ2n) is 4.14. The molecule has 1 heterocycles. The number of fused-ring (bicyclic) bond motifs is 1. The van der Waals surface area contributed by atoms with Crippen LogP contribution in [0.3, 0.4) is 0 Å². The molecule has 0 unspecified atom stereocenters. The third kappa shape index (κ3) is 2.53. The van der Waals surface area contributed by atoms with E-state index in [9.17, 15) is 4.39 Å². The van der Waals surface area contributed by atoms with Gasteiger partial charge >= 0.3 is 0 Å². The molecule has 0 aliphatic carbocycles. The fourth-order valence-corrected chi connectivity index (χ4v) is 2.37. The van der Waals surface area contributed by atoms with Crippen LogP contribution in [0.2, 0.25) is 0 Å². The fourth-order valence-electron chi connectivity index (χ4n) is 2.03. The van der Waals surface area contributed by atoms with Crippen molar-refractivity contribution >= 4 is 26.8 Å². The van der Waals surface area contributed by atoms with E-state index in [1.54, 1.807) is 13.2 Å². The monoisotopic (exact) mass is 299 g/mol. The lowest BCUT2D eigenvalue weighted by Gasteiger charge is -2.05. The smallest absolute Gasteiger partial charge is 0.139 e. The van der Waals surface area contributed by atoms with Crippen molar-refractivity contribution in [2.24, 2.45) is 0 Å². The molecule has 0 amide bonds. The van der Waals surface area contributed by atoms with E-state index in [0.29, 0.717) is 4.47 Å². The molecule has 0 aliphatic heterocycles. The summed E-state index contributed by atoms with van der Waals surface area (Å²) in [5.41, 5.74) is 2.11. The molecule has 0 aliphatic rings. The molecule has 0 saturated heterocycles. The van der Waals surface area contributed by atoms with Crippen LogP contribution in [0, 0.1) is 12.7 Å². The molecule has 92 valence electrons. The molecule has 0 atom stereocenters. The van der Waals surface area contributed by atoms with Crippen LogP contribution in [0.15, 0.2) is 22.8 Å². The van der Waals surface area contributed by atoms with E-state index in [-0.39, 0.29) is 5.82 Å². The van der Waals surface area contributed by atoms with Crippen molar-refractivity contribution in [1.29, 1.82) is 0 Å². The standard InChI is InChI=1S/C13H15BrFNO/c1-9-8-16(4-3-5-17-2)13-7-12(15)11(14)6-10(9)13/h6-8H,3-5H2,1-2H3. The third-order valence-corrected chi connectivity index (χ3v) is 3.48. The van der Waals surface area contributed by atoms with Gasteiger partial charge in [0.1, 0.15) is 5.82 Å². The molecule has 0 fully saturated rings. The molecule has 0 bridgehead atoms. The van der Waals surface area contributed by atoms with Crippen molar-refractivity contribution < 1.29 is 9.13 Å². The van der Waals surface area contributed by atoms with Gasteiger partial charge < -0.3 is 9.30 Å². The number of aromatic nitrogens is 1. The van der Waals surface area contributed by atoms with E-state index in [4.69, 9.17) is 4.74 Å². The van der Waals surface area contributed by atoms with Gasteiger partial charge in [0.15, 0.2) is 0 Å². The molecule has 0 spiro atoms. The van der Waals surface area contributed by atoms with Crippen LogP contribution >= 0.6 is 15.9 Å². The van der Waals surface area contributed by atoms with Gasteiger partial charge in [0.05, 0.1) is 9.99 Å². The van der Waals surface area contributed by atoms with Gasteiger partial charge in [-0.3, -0.25) is 0 Å². The highest BCUT2D eigenvalue weighted by Crippen LogP contribution is 2.27. The number of hydrogen-bond acceptors (Lipinski definition) is 1. The summed E-state index contributed by atoms with van der Waals surface area (Å²) >= 11 is 3.22. The zero-order chi connectivity index (χ0) is 12.4. The van der Waals surface area contributed by atoms with Crippen molar-refractivity contribution in [3.8, 4) is 0 Å². The summed E-state index contributed by atoms with van der Waals surface area (Å²) < 4.78 is 21.2. The highest BCUT2D eigenvalue weighted by atomic mass is 79.9. The average molecular weight is 300 g/mol. The summed E-state index contributed by atoms with van der Waals surface area (Å²) in [6, 6.07) is 3.42. The summed E-state index contributed by atoms with van der Waals surface area (Å²) in [4.78, 5) is 0. The predicted molar refractivity (Wildman–Crippen MR) is 70.8 cm³/mol. The van der Waals surface area contributed by atoms with Crippen molar-refractivity contribution in [3.63, 3.8) is 0 Å². The van der Waals surface area contributed by atoms with Gasteiger partial charge in [0.25, 0.3) is 0 Å². The van der Waals surface area contributed by atoms with E-state index in [1.165, 1.54) is 0 Å². The maximum Gasteiger partial charge on any atom is 0.139 e. The van der Waals surface area contributed by atoms with E-state index < -0.39 is 0 Å². The zero-order valence-corrected chi connectivity index (χ0v) is 11.6. The molecule has 2 rings (SSSR count). The largest absolute Gasteiger partial charge is 0.385 e. The lowest BCUT2D eigenvalue weighted by atomic mass is 10.2. The predicted octanol–water partition coefficient (Wildman–Crippen LogP) is 3.89. The van der Waals surface area contributed by atoms with Gasteiger partial charge in [-0.2, -0.15) is 0 Å². The molecule has 1 aromatic carbocycles. The van der Waals surface area contributed by atoms with E-state index in [1.807, 2.05) is 13.0 Å². The van der Waals surface area contributed by atoms with Crippen LogP contribution in [0.1, 0.15) is 12.0 Å². The lowest BCUT2D eigenvalue weighted by Crippen LogP contribution is -2.00. The lowest BCUT2D eigenvalue weighted by molar-refractivity contribution is 0.190. The van der Waals surface area contributed by atoms with Gasteiger partial charge in [0, 0.05) is 31.8 Å². The number of methoxy groups -OCH3 is 1. The number of aryl methyl sites for hydroxylation is 2. The Kier molecular flexibility index (Phi) is 3.84. The summed E-state index contributed by atoms with van der Waals surface area (Å²) in [7, 11) is 1.69. The first-order chi connectivity index (χ1) is 8.13. The Bertz CT molecular complexity index is 536. The Balaban J connectivity index is 2.40.